The van der Waals surface area contributed by atoms with Crippen LogP contribution in [-0.4, -0.2) is 23.8 Å². The average Bonchev–Trinajstić information content (AvgIpc) is 3.11. The van der Waals surface area contributed by atoms with Crippen molar-refractivity contribution in [3.63, 3.8) is 0 Å². The minimum atomic E-state index is -3.98. The summed E-state index contributed by atoms with van der Waals surface area (Å²) in [6, 6.07) is 1.83. The van der Waals surface area contributed by atoms with E-state index in [1.807, 2.05) is 6.07 Å². The molecule has 0 amide bonds. The molecule has 6 nitrogen and oxygen atoms in total. The highest BCUT2D eigenvalue weighted by Crippen LogP contribution is 2.32. The number of aryl methyl sites for hydroxylation is 1. The summed E-state index contributed by atoms with van der Waals surface area (Å²) in [6.45, 7) is 2.17. The number of hydrogen-bond donors (Lipinski definition) is 2. The fourth-order valence-corrected chi connectivity index (χ4v) is 2.27. The Morgan fingerprint density at radius 3 is 2.76 bits per heavy atom. The SMILES string of the molecule is CC1=C[C@@H]1/C=C(\C=C/N)c1cc[n+](CCS(=O)(=O)O)nc1. The summed E-state index contributed by atoms with van der Waals surface area (Å²) in [5.41, 5.74) is 8.65. The Bertz CT molecular complexity index is 703. The standard InChI is InChI=1S/C14H17N3O3S/c1-11-8-14(11)9-12(2-4-15)13-3-5-17(16-10-13)6-7-21(18,19)20/h2-5,8-10,14H,6-7,15H2,1H3/p+1/b4-2-,12-9+/t14-/m1/s1. The molecule has 0 radical (unpaired) electrons. The van der Waals surface area contributed by atoms with Gasteiger partial charge in [0.1, 0.15) is 11.9 Å². The monoisotopic (exact) mass is 308 g/mol. The van der Waals surface area contributed by atoms with Crippen molar-refractivity contribution in [3.8, 4) is 0 Å². The summed E-state index contributed by atoms with van der Waals surface area (Å²) in [4.78, 5) is 0. The molecule has 0 aliphatic heterocycles. The fourth-order valence-electron chi connectivity index (χ4n) is 1.86. The van der Waals surface area contributed by atoms with Gasteiger partial charge in [-0.05, 0) is 29.9 Å². The number of allylic oxidation sites excluding steroid dienone is 5. The predicted molar refractivity (Wildman–Crippen MR) is 79.4 cm³/mol. The second-order valence-electron chi connectivity index (χ2n) is 4.88. The van der Waals surface area contributed by atoms with Crippen molar-refractivity contribution < 1.29 is 17.7 Å². The number of hydrogen-bond acceptors (Lipinski definition) is 4. The molecule has 21 heavy (non-hydrogen) atoms. The van der Waals surface area contributed by atoms with Gasteiger partial charge in [0.05, 0.1) is 0 Å². The van der Waals surface area contributed by atoms with Crippen LogP contribution in [0.25, 0.3) is 5.57 Å². The number of rotatable bonds is 6. The second kappa shape index (κ2) is 6.19. The topological polar surface area (TPSA) is 97.2 Å². The summed E-state index contributed by atoms with van der Waals surface area (Å²) in [7, 11) is -3.98. The van der Waals surface area contributed by atoms with Gasteiger partial charge in [0.15, 0.2) is 12.7 Å². The zero-order chi connectivity index (χ0) is 15.5. The van der Waals surface area contributed by atoms with E-state index in [9.17, 15) is 8.42 Å². The van der Waals surface area contributed by atoms with E-state index in [1.54, 1.807) is 18.5 Å². The van der Waals surface area contributed by atoms with Gasteiger partial charge in [0, 0.05) is 17.5 Å². The molecule has 0 spiro atoms. The first-order chi connectivity index (χ1) is 9.89. The van der Waals surface area contributed by atoms with Gasteiger partial charge in [-0.25, -0.2) is 0 Å². The van der Waals surface area contributed by atoms with Gasteiger partial charge in [0.25, 0.3) is 10.1 Å². The molecule has 0 aromatic carbocycles. The Morgan fingerprint density at radius 2 is 2.29 bits per heavy atom. The van der Waals surface area contributed by atoms with Crippen molar-refractivity contribution in [2.24, 2.45) is 11.7 Å². The lowest BCUT2D eigenvalue weighted by Crippen LogP contribution is -2.40. The van der Waals surface area contributed by atoms with Crippen LogP contribution >= 0.6 is 0 Å². The van der Waals surface area contributed by atoms with Gasteiger partial charge in [0.2, 0.25) is 0 Å². The molecule has 1 aliphatic rings. The van der Waals surface area contributed by atoms with Crippen LogP contribution in [0.2, 0.25) is 0 Å². The minimum absolute atomic E-state index is 0.105. The lowest BCUT2D eigenvalue weighted by molar-refractivity contribution is -0.750. The summed E-state index contributed by atoms with van der Waals surface area (Å²) in [5.74, 6) is 0.0173. The smallest absolute Gasteiger partial charge is 0.271 e. The van der Waals surface area contributed by atoms with Gasteiger partial charge in [-0.1, -0.05) is 22.4 Å². The van der Waals surface area contributed by atoms with Gasteiger partial charge >= 0.3 is 0 Å². The van der Waals surface area contributed by atoms with Crippen molar-refractivity contribution in [3.05, 3.63) is 54.0 Å². The Morgan fingerprint density at radius 1 is 1.57 bits per heavy atom. The first-order valence-corrected chi connectivity index (χ1v) is 8.10. The lowest BCUT2D eigenvalue weighted by Gasteiger charge is -2.01. The highest BCUT2D eigenvalue weighted by molar-refractivity contribution is 7.85. The molecular formula is C14H18N3O3S+. The largest absolute Gasteiger partial charge is 0.405 e. The highest BCUT2D eigenvalue weighted by atomic mass is 32.2. The molecule has 1 aliphatic carbocycles. The fraction of sp³-hybridized carbons (Fsp3) is 0.286. The quantitative estimate of drug-likeness (QED) is 0.349. The van der Waals surface area contributed by atoms with E-state index in [1.165, 1.54) is 16.5 Å². The molecule has 1 heterocycles. The molecule has 0 bridgehead atoms. The Labute approximate surface area is 124 Å². The maximum atomic E-state index is 10.7. The molecule has 7 heteroatoms. The van der Waals surface area contributed by atoms with Crippen molar-refractivity contribution >= 4 is 15.7 Å². The van der Waals surface area contributed by atoms with Gasteiger partial charge in [-0.2, -0.15) is 8.42 Å². The van der Waals surface area contributed by atoms with E-state index in [0.29, 0.717) is 5.92 Å². The molecule has 0 unspecified atom stereocenters. The molecule has 0 saturated heterocycles. The van der Waals surface area contributed by atoms with E-state index in [4.69, 9.17) is 10.3 Å². The number of aromatic nitrogens is 2. The summed E-state index contributed by atoms with van der Waals surface area (Å²) in [5, 5.41) is 4.14. The normalized spacial score (nSPS) is 18.9. The van der Waals surface area contributed by atoms with Crippen molar-refractivity contribution in [2.45, 2.75) is 13.5 Å². The third-order valence-electron chi connectivity index (χ3n) is 3.18. The predicted octanol–water partition coefficient (Wildman–Crippen LogP) is 0.689. The number of nitrogens with two attached hydrogens (primary N) is 1. The molecule has 1 aromatic rings. The molecule has 0 saturated carbocycles. The van der Waals surface area contributed by atoms with E-state index >= 15 is 0 Å². The first-order valence-electron chi connectivity index (χ1n) is 6.49. The van der Waals surface area contributed by atoms with Gasteiger partial charge in [-0.15, -0.1) is 0 Å². The summed E-state index contributed by atoms with van der Waals surface area (Å²) in [6.07, 6.45) is 10.8. The van der Waals surface area contributed by atoms with Crippen molar-refractivity contribution in [1.29, 1.82) is 0 Å². The zero-order valence-electron chi connectivity index (χ0n) is 11.7. The third kappa shape index (κ3) is 4.80. The van der Waals surface area contributed by atoms with Crippen LogP contribution < -0.4 is 10.4 Å². The summed E-state index contributed by atoms with van der Waals surface area (Å²) < 4.78 is 31.6. The van der Waals surface area contributed by atoms with Crippen LogP contribution in [0.1, 0.15) is 12.5 Å². The van der Waals surface area contributed by atoms with E-state index in [-0.39, 0.29) is 12.3 Å². The third-order valence-corrected chi connectivity index (χ3v) is 3.88. The Hall–Kier alpha value is -1.99. The van der Waals surface area contributed by atoms with Crippen LogP contribution in [-0.2, 0) is 16.7 Å². The van der Waals surface area contributed by atoms with Crippen LogP contribution in [0.4, 0.5) is 0 Å². The Balaban J connectivity index is 2.11. The van der Waals surface area contributed by atoms with E-state index in [2.05, 4.69) is 24.2 Å². The maximum Gasteiger partial charge on any atom is 0.271 e. The zero-order valence-corrected chi connectivity index (χ0v) is 12.5. The molecule has 2 rings (SSSR count). The molecule has 3 N–H and O–H groups in total. The van der Waals surface area contributed by atoms with Gasteiger partial charge < -0.3 is 5.73 Å². The van der Waals surface area contributed by atoms with Gasteiger partial charge in [-0.3, -0.25) is 4.55 Å². The van der Waals surface area contributed by atoms with Crippen molar-refractivity contribution in [1.82, 2.24) is 5.10 Å². The second-order valence-corrected chi connectivity index (χ2v) is 6.45. The molecule has 1 aromatic heterocycles. The first kappa shape index (κ1) is 15.4. The van der Waals surface area contributed by atoms with Crippen LogP contribution in [0.15, 0.2) is 48.5 Å². The van der Waals surface area contributed by atoms with Crippen LogP contribution in [0, 0.1) is 5.92 Å². The molecule has 0 fully saturated rings. The van der Waals surface area contributed by atoms with Crippen molar-refractivity contribution in [2.75, 3.05) is 5.75 Å². The van der Waals surface area contributed by atoms with E-state index in [0.717, 1.165) is 11.1 Å². The number of nitrogens with zero attached hydrogens (tertiary/aromatic N) is 2. The average molecular weight is 308 g/mol. The maximum absolute atomic E-state index is 10.7. The molecule has 1 atom stereocenters. The van der Waals surface area contributed by atoms with Crippen LogP contribution in [0.3, 0.4) is 0 Å². The Kier molecular flexibility index (Phi) is 4.54. The minimum Gasteiger partial charge on any atom is -0.405 e. The highest BCUT2D eigenvalue weighted by Gasteiger charge is 2.18. The molecular weight excluding hydrogens is 290 g/mol. The van der Waals surface area contributed by atoms with Crippen LogP contribution in [0.5, 0.6) is 0 Å². The molecule has 112 valence electrons. The lowest BCUT2D eigenvalue weighted by atomic mass is 10.1. The van der Waals surface area contributed by atoms with E-state index < -0.39 is 10.1 Å². The summed E-state index contributed by atoms with van der Waals surface area (Å²) >= 11 is 0.